The molecule has 2 aliphatic rings. The van der Waals surface area contributed by atoms with Crippen LogP contribution in [0.15, 0.2) is 23.1 Å². The van der Waals surface area contributed by atoms with Gasteiger partial charge in [-0.2, -0.15) is 4.31 Å². The number of carbonyl (C=O) groups excluding carboxylic acids is 1. The average molecular weight is 462 g/mol. The van der Waals surface area contributed by atoms with E-state index in [0.717, 1.165) is 39.3 Å². The van der Waals surface area contributed by atoms with Crippen molar-refractivity contribution in [2.75, 3.05) is 72.3 Å². The van der Waals surface area contributed by atoms with Crippen LogP contribution in [-0.2, 0) is 24.3 Å². The van der Waals surface area contributed by atoms with Gasteiger partial charge in [-0.3, -0.25) is 9.69 Å². The Kier molecular flexibility index (Phi) is 8.72. The number of amides is 1. The molecule has 0 radical (unpaired) electrons. The number of carbonyl (C=O) groups is 1. The lowest BCUT2D eigenvalue weighted by Crippen LogP contribution is -2.40. The number of ether oxygens (including phenoxy) is 3. The smallest absolute Gasteiger partial charge is 0.257 e. The monoisotopic (exact) mass is 461 g/mol. The fraction of sp³-hybridized carbons (Fsp3) is 0.632. The first-order chi connectivity index (χ1) is 14.5. The Morgan fingerprint density at radius 3 is 2.47 bits per heavy atom. The summed E-state index contributed by atoms with van der Waals surface area (Å²) in [6.45, 7) is 5.66. The summed E-state index contributed by atoms with van der Waals surface area (Å²) in [4.78, 5) is 14.4. The normalized spacial score (nSPS) is 18.8. The predicted octanol–water partition coefficient (Wildman–Crippen LogP) is 0.578. The molecule has 9 nitrogen and oxygen atoms in total. The van der Waals surface area contributed by atoms with Gasteiger partial charge in [0.2, 0.25) is 10.0 Å². The van der Waals surface area contributed by atoms with Gasteiger partial charge in [-0.25, -0.2) is 8.42 Å². The highest BCUT2D eigenvalue weighted by atomic mass is 35.5. The molecule has 0 saturated carbocycles. The second-order valence-corrected chi connectivity index (χ2v) is 9.40. The van der Waals surface area contributed by atoms with Gasteiger partial charge in [0.25, 0.3) is 5.91 Å². The Morgan fingerprint density at radius 2 is 1.77 bits per heavy atom. The van der Waals surface area contributed by atoms with Gasteiger partial charge in [0, 0.05) is 37.7 Å². The summed E-state index contributed by atoms with van der Waals surface area (Å²) in [6.07, 6.45) is 0.823. The average Bonchev–Trinajstić information content (AvgIpc) is 2.77. The number of nitrogens with zero attached hydrogens (tertiary/aromatic N) is 2. The summed E-state index contributed by atoms with van der Waals surface area (Å²) in [5.41, 5.74) is 0. The zero-order valence-corrected chi connectivity index (χ0v) is 18.4. The highest BCUT2D eigenvalue weighted by Gasteiger charge is 2.29. The number of sulfonamides is 1. The topological polar surface area (TPSA) is 97.4 Å². The summed E-state index contributed by atoms with van der Waals surface area (Å²) in [5, 5.41) is 3.08. The molecular weight excluding hydrogens is 434 g/mol. The SMILES string of the molecule is O=C(COc1ccc(Cl)cc1S(=O)(=O)N1CCOCC1)NCCCN1CCOCC1. The fourth-order valence-electron chi connectivity index (χ4n) is 3.28. The Balaban J connectivity index is 1.51. The molecule has 1 aromatic rings. The lowest BCUT2D eigenvalue weighted by atomic mass is 10.3. The molecule has 30 heavy (non-hydrogen) atoms. The Labute approximate surface area is 182 Å². The zero-order chi connectivity index (χ0) is 21.4. The van der Waals surface area contributed by atoms with E-state index in [4.69, 9.17) is 25.8 Å². The van der Waals surface area contributed by atoms with Crippen LogP contribution in [0.2, 0.25) is 5.02 Å². The molecule has 2 saturated heterocycles. The number of halogens is 1. The van der Waals surface area contributed by atoms with Gasteiger partial charge in [0.15, 0.2) is 6.61 Å². The van der Waals surface area contributed by atoms with Gasteiger partial charge in [-0.05, 0) is 31.2 Å². The Bertz CT molecular complexity index is 810. The van der Waals surface area contributed by atoms with E-state index in [-0.39, 0.29) is 41.3 Å². The summed E-state index contributed by atoms with van der Waals surface area (Å²) in [5.74, 6) is -0.198. The summed E-state index contributed by atoms with van der Waals surface area (Å²) in [6, 6.07) is 4.36. The lowest BCUT2D eigenvalue weighted by Gasteiger charge is -2.27. The molecule has 168 valence electrons. The van der Waals surface area contributed by atoms with E-state index in [9.17, 15) is 13.2 Å². The van der Waals surface area contributed by atoms with E-state index in [1.54, 1.807) is 0 Å². The quantitative estimate of drug-likeness (QED) is 0.537. The molecule has 11 heteroatoms. The van der Waals surface area contributed by atoms with Gasteiger partial charge in [0.05, 0.1) is 26.4 Å². The predicted molar refractivity (Wildman–Crippen MR) is 111 cm³/mol. The highest BCUT2D eigenvalue weighted by Crippen LogP contribution is 2.30. The fourth-order valence-corrected chi connectivity index (χ4v) is 5.08. The van der Waals surface area contributed by atoms with Gasteiger partial charge < -0.3 is 19.5 Å². The van der Waals surface area contributed by atoms with Crippen LogP contribution in [0.4, 0.5) is 0 Å². The van der Waals surface area contributed by atoms with Crippen LogP contribution in [0.5, 0.6) is 5.75 Å². The number of hydrogen-bond donors (Lipinski definition) is 1. The van der Waals surface area contributed by atoms with Gasteiger partial charge in [-0.1, -0.05) is 11.6 Å². The van der Waals surface area contributed by atoms with Crippen molar-refractivity contribution >= 4 is 27.5 Å². The molecular formula is C19H28ClN3O6S. The van der Waals surface area contributed by atoms with Crippen molar-refractivity contribution in [2.24, 2.45) is 0 Å². The Morgan fingerprint density at radius 1 is 1.10 bits per heavy atom. The zero-order valence-electron chi connectivity index (χ0n) is 16.8. The molecule has 2 aliphatic heterocycles. The molecule has 1 aromatic carbocycles. The molecule has 0 unspecified atom stereocenters. The maximum Gasteiger partial charge on any atom is 0.257 e. The van der Waals surface area contributed by atoms with Gasteiger partial charge in [0.1, 0.15) is 10.6 Å². The molecule has 2 fully saturated rings. The van der Waals surface area contributed by atoms with Crippen molar-refractivity contribution < 1.29 is 27.4 Å². The highest BCUT2D eigenvalue weighted by molar-refractivity contribution is 7.89. The first-order valence-corrected chi connectivity index (χ1v) is 11.9. The van der Waals surface area contributed by atoms with Crippen molar-refractivity contribution in [3.8, 4) is 5.75 Å². The number of morpholine rings is 2. The molecule has 0 bridgehead atoms. The third-order valence-electron chi connectivity index (χ3n) is 4.93. The maximum absolute atomic E-state index is 13.0. The first-order valence-electron chi connectivity index (χ1n) is 10.0. The minimum Gasteiger partial charge on any atom is -0.482 e. The molecule has 3 rings (SSSR count). The lowest BCUT2D eigenvalue weighted by molar-refractivity contribution is -0.123. The van der Waals surface area contributed by atoms with Crippen molar-refractivity contribution in [3.63, 3.8) is 0 Å². The third-order valence-corrected chi connectivity index (χ3v) is 7.08. The van der Waals surface area contributed by atoms with Crippen LogP contribution in [0.3, 0.4) is 0 Å². The number of rotatable bonds is 9. The number of nitrogens with one attached hydrogen (secondary N) is 1. The van der Waals surface area contributed by atoms with Crippen LogP contribution >= 0.6 is 11.6 Å². The standard InChI is InChI=1S/C19H28ClN3O6S/c20-16-2-3-17(18(14-16)30(25,26)23-8-12-28-13-9-23)29-15-19(24)21-4-1-5-22-6-10-27-11-7-22/h2-3,14H,1,4-13,15H2,(H,21,24). The summed E-state index contributed by atoms with van der Waals surface area (Å²) in [7, 11) is -3.80. The number of benzene rings is 1. The second-order valence-electron chi connectivity index (χ2n) is 7.05. The second kappa shape index (κ2) is 11.3. The molecule has 0 aliphatic carbocycles. The van der Waals surface area contributed by atoms with Crippen LogP contribution in [0.25, 0.3) is 0 Å². The van der Waals surface area contributed by atoms with E-state index >= 15 is 0 Å². The van der Waals surface area contributed by atoms with E-state index < -0.39 is 10.0 Å². The van der Waals surface area contributed by atoms with E-state index in [1.165, 1.54) is 22.5 Å². The van der Waals surface area contributed by atoms with Gasteiger partial charge in [-0.15, -0.1) is 0 Å². The molecule has 0 aromatic heterocycles. The summed E-state index contributed by atoms with van der Waals surface area (Å²) >= 11 is 6.02. The van der Waals surface area contributed by atoms with Crippen molar-refractivity contribution in [1.82, 2.24) is 14.5 Å². The van der Waals surface area contributed by atoms with Crippen LogP contribution in [-0.4, -0.2) is 95.8 Å². The molecule has 2 heterocycles. The number of hydrogen-bond acceptors (Lipinski definition) is 7. The minimum absolute atomic E-state index is 0.0444. The van der Waals surface area contributed by atoms with Crippen molar-refractivity contribution in [2.45, 2.75) is 11.3 Å². The third kappa shape index (κ3) is 6.53. The van der Waals surface area contributed by atoms with Crippen LogP contribution < -0.4 is 10.1 Å². The first kappa shape index (κ1) is 23.2. The van der Waals surface area contributed by atoms with Crippen molar-refractivity contribution in [1.29, 1.82) is 0 Å². The summed E-state index contributed by atoms with van der Waals surface area (Å²) < 4.78 is 43.4. The van der Waals surface area contributed by atoms with E-state index in [0.29, 0.717) is 19.8 Å². The molecule has 0 spiro atoms. The molecule has 1 N–H and O–H groups in total. The van der Waals surface area contributed by atoms with E-state index in [2.05, 4.69) is 10.2 Å². The largest absolute Gasteiger partial charge is 0.482 e. The van der Waals surface area contributed by atoms with Crippen LogP contribution in [0.1, 0.15) is 6.42 Å². The van der Waals surface area contributed by atoms with Crippen LogP contribution in [0, 0.1) is 0 Å². The minimum atomic E-state index is -3.80. The maximum atomic E-state index is 13.0. The molecule has 0 atom stereocenters. The van der Waals surface area contributed by atoms with Crippen molar-refractivity contribution in [3.05, 3.63) is 23.2 Å². The Hall–Kier alpha value is -1.43. The van der Waals surface area contributed by atoms with E-state index in [1.807, 2.05) is 0 Å². The van der Waals surface area contributed by atoms with Gasteiger partial charge >= 0.3 is 0 Å². The molecule has 1 amide bonds.